The van der Waals surface area contributed by atoms with Crippen molar-refractivity contribution in [1.29, 1.82) is 0 Å². The summed E-state index contributed by atoms with van der Waals surface area (Å²) in [5, 5.41) is 7.32. The molecule has 1 aromatic heterocycles. The van der Waals surface area contributed by atoms with Gasteiger partial charge in [-0.3, -0.25) is 4.79 Å². The van der Waals surface area contributed by atoms with E-state index in [2.05, 4.69) is 10.4 Å². The topological polar surface area (TPSA) is 76.5 Å². The Bertz CT molecular complexity index is 789. The quantitative estimate of drug-likeness (QED) is 0.885. The maximum absolute atomic E-state index is 12.4. The first-order valence-electron chi connectivity index (χ1n) is 8.33. The van der Waals surface area contributed by atoms with Gasteiger partial charge in [-0.05, 0) is 5.56 Å². The van der Waals surface area contributed by atoms with Crippen LogP contribution in [0.1, 0.15) is 16.8 Å². The average molecular weight is 342 g/mol. The number of nitrogens with zero attached hydrogens (tertiary/aromatic N) is 3. The van der Waals surface area contributed by atoms with E-state index in [-0.39, 0.29) is 11.6 Å². The normalized spacial score (nSPS) is 13.4. The molecule has 1 aliphatic heterocycles. The molecule has 7 heteroatoms. The third kappa shape index (κ3) is 4.24. The monoisotopic (exact) mass is 342 g/mol. The molecule has 0 radical (unpaired) electrons. The Kier molecular flexibility index (Phi) is 5.45. The molecule has 1 aromatic carbocycles. The van der Waals surface area contributed by atoms with Crippen LogP contribution in [0.4, 0.5) is 4.79 Å². The molecule has 3 rings (SSSR count). The van der Waals surface area contributed by atoms with Gasteiger partial charge < -0.3 is 15.0 Å². The fourth-order valence-electron chi connectivity index (χ4n) is 2.84. The van der Waals surface area contributed by atoms with Crippen molar-refractivity contribution in [2.45, 2.75) is 26.1 Å². The van der Waals surface area contributed by atoms with Crippen LogP contribution in [0.2, 0.25) is 0 Å². The van der Waals surface area contributed by atoms with Crippen molar-refractivity contribution in [2.24, 2.45) is 0 Å². The highest BCUT2D eigenvalue weighted by Gasteiger charge is 2.22. The third-order valence-electron chi connectivity index (χ3n) is 4.22. The van der Waals surface area contributed by atoms with Crippen LogP contribution >= 0.6 is 0 Å². The maximum Gasteiger partial charge on any atom is 0.317 e. The number of benzene rings is 1. The minimum Gasteiger partial charge on any atom is -0.383 e. The number of urea groups is 1. The van der Waals surface area contributed by atoms with Gasteiger partial charge in [0.05, 0.1) is 18.8 Å². The molecule has 0 aliphatic carbocycles. The summed E-state index contributed by atoms with van der Waals surface area (Å²) in [6, 6.07) is 11.2. The van der Waals surface area contributed by atoms with E-state index in [0.717, 1.165) is 16.8 Å². The third-order valence-corrected chi connectivity index (χ3v) is 4.22. The van der Waals surface area contributed by atoms with E-state index < -0.39 is 0 Å². The Labute approximate surface area is 146 Å². The molecular formula is C18H22N4O3. The summed E-state index contributed by atoms with van der Waals surface area (Å²) in [6.07, 6.45) is 0.640. The number of rotatable bonds is 5. The second-order valence-electron chi connectivity index (χ2n) is 5.99. The molecule has 0 fully saturated rings. The van der Waals surface area contributed by atoms with Gasteiger partial charge in [-0.25, -0.2) is 9.48 Å². The predicted molar refractivity (Wildman–Crippen MR) is 93.2 cm³/mol. The molecule has 1 N–H and O–H groups in total. The molecule has 1 aliphatic rings. The summed E-state index contributed by atoms with van der Waals surface area (Å²) in [5.41, 5.74) is 2.58. The number of amides is 2. The number of ether oxygens (including phenoxy) is 1. The number of carbonyl (C=O) groups excluding carboxylic acids is 1. The Hall–Kier alpha value is -2.67. The number of carbonyl (C=O) groups is 1. The van der Waals surface area contributed by atoms with Crippen LogP contribution in [0.5, 0.6) is 0 Å². The van der Waals surface area contributed by atoms with Crippen LogP contribution in [-0.4, -0.2) is 41.0 Å². The first-order valence-corrected chi connectivity index (χ1v) is 8.33. The summed E-state index contributed by atoms with van der Waals surface area (Å²) < 4.78 is 6.42. The lowest BCUT2D eigenvalue weighted by molar-refractivity contribution is 0.179. The van der Waals surface area contributed by atoms with Crippen LogP contribution in [0, 0.1) is 0 Å². The molecule has 0 atom stereocenters. The lowest BCUT2D eigenvalue weighted by Crippen LogP contribution is -2.43. The Morgan fingerprint density at radius 3 is 2.88 bits per heavy atom. The van der Waals surface area contributed by atoms with E-state index >= 15 is 0 Å². The number of fused-ring (bicyclic) bond motifs is 1. The minimum absolute atomic E-state index is 0.127. The summed E-state index contributed by atoms with van der Waals surface area (Å²) in [4.78, 5) is 26.2. The average Bonchev–Trinajstić information content (AvgIpc) is 2.64. The second kappa shape index (κ2) is 7.94. The fourth-order valence-corrected chi connectivity index (χ4v) is 2.84. The zero-order valence-electron chi connectivity index (χ0n) is 14.3. The van der Waals surface area contributed by atoms with Crippen LogP contribution in [0.15, 0.2) is 41.2 Å². The zero-order valence-corrected chi connectivity index (χ0v) is 14.3. The Balaban J connectivity index is 1.63. The molecule has 0 saturated heterocycles. The SMILES string of the molecule is COCCn1nc2c(cc1=O)CN(C(=O)NCc1ccccc1)CC2. The van der Waals surface area contributed by atoms with Crippen molar-refractivity contribution in [2.75, 3.05) is 20.3 Å². The molecule has 2 amide bonds. The van der Waals surface area contributed by atoms with Gasteiger partial charge in [0.2, 0.25) is 0 Å². The van der Waals surface area contributed by atoms with Crippen molar-refractivity contribution in [3.63, 3.8) is 0 Å². The van der Waals surface area contributed by atoms with Gasteiger partial charge in [0, 0.05) is 44.8 Å². The van der Waals surface area contributed by atoms with Crippen molar-refractivity contribution in [1.82, 2.24) is 20.0 Å². The number of nitrogens with one attached hydrogen (secondary N) is 1. The van der Waals surface area contributed by atoms with Crippen molar-refractivity contribution < 1.29 is 9.53 Å². The van der Waals surface area contributed by atoms with Gasteiger partial charge in [0.15, 0.2) is 0 Å². The molecule has 0 spiro atoms. The van der Waals surface area contributed by atoms with E-state index in [1.165, 1.54) is 4.68 Å². The van der Waals surface area contributed by atoms with Crippen molar-refractivity contribution >= 4 is 6.03 Å². The predicted octanol–water partition coefficient (Wildman–Crippen LogP) is 1.16. The summed E-state index contributed by atoms with van der Waals surface area (Å²) in [6.45, 7) is 2.36. The molecule has 0 unspecified atom stereocenters. The van der Waals surface area contributed by atoms with Crippen molar-refractivity contribution in [3.05, 3.63) is 63.6 Å². The highest BCUT2D eigenvalue weighted by atomic mass is 16.5. The van der Waals surface area contributed by atoms with E-state index in [0.29, 0.717) is 39.2 Å². The van der Waals surface area contributed by atoms with E-state index in [1.54, 1.807) is 18.1 Å². The lowest BCUT2D eigenvalue weighted by atomic mass is 10.1. The first kappa shape index (κ1) is 17.2. The Morgan fingerprint density at radius 2 is 2.12 bits per heavy atom. The van der Waals surface area contributed by atoms with Gasteiger partial charge in [-0.2, -0.15) is 5.10 Å². The van der Waals surface area contributed by atoms with Gasteiger partial charge in [-0.1, -0.05) is 30.3 Å². The highest BCUT2D eigenvalue weighted by molar-refractivity contribution is 5.74. The summed E-state index contributed by atoms with van der Waals surface area (Å²) >= 11 is 0. The maximum atomic E-state index is 12.4. The number of hydrogen-bond donors (Lipinski definition) is 1. The molecule has 25 heavy (non-hydrogen) atoms. The first-order chi connectivity index (χ1) is 12.2. The second-order valence-corrected chi connectivity index (χ2v) is 5.99. The smallest absolute Gasteiger partial charge is 0.317 e. The fraction of sp³-hybridized carbons (Fsp3) is 0.389. The summed E-state index contributed by atoms with van der Waals surface area (Å²) in [7, 11) is 1.59. The van der Waals surface area contributed by atoms with E-state index in [4.69, 9.17) is 4.74 Å². The van der Waals surface area contributed by atoms with Gasteiger partial charge in [-0.15, -0.1) is 0 Å². The molecular weight excluding hydrogens is 320 g/mol. The molecule has 132 valence electrons. The van der Waals surface area contributed by atoms with Gasteiger partial charge in [0.1, 0.15) is 0 Å². The summed E-state index contributed by atoms with van der Waals surface area (Å²) in [5.74, 6) is 0. The van der Waals surface area contributed by atoms with Crippen LogP contribution in [0.3, 0.4) is 0 Å². The standard InChI is InChI=1S/C18H22N4O3/c1-25-10-9-22-17(23)11-15-13-21(8-7-16(15)20-22)18(24)19-12-14-5-3-2-4-6-14/h2-6,11H,7-10,12-13H2,1H3,(H,19,24). The lowest BCUT2D eigenvalue weighted by Gasteiger charge is -2.28. The number of hydrogen-bond acceptors (Lipinski definition) is 4. The molecule has 2 heterocycles. The van der Waals surface area contributed by atoms with Crippen LogP contribution in [-0.2, 0) is 30.8 Å². The van der Waals surface area contributed by atoms with E-state index in [1.807, 2.05) is 30.3 Å². The van der Waals surface area contributed by atoms with Crippen LogP contribution in [0.25, 0.3) is 0 Å². The largest absolute Gasteiger partial charge is 0.383 e. The number of methoxy groups -OCH3 is 1. The van der Waals surface area contributed by atoms with Gasteiger partial charge in [0.25, 0.3) is 5.56 Å². The molecule has 2 aromatic rings. The Morgan fingerprint density at radius 1 is 1.32 bits per heavy atom. The van der Waals surface area contributed by atoms with E-state index in [9.17, 15) is 9.59 Å². The molecule has 0 bridgehead atoms. The van der Waals surface area contributed by atoms with Crippen molar-refractivity contribution in [3.8, 4) is 0 Å². The highest BCUT2D eigenvalue weighted by Crippen LogP contribution is 2.15. The minimum atomic E-state index is -0.164. The number of aromatic nitrogens is 2. The van der Waals surface area contributed by atoms with Crippen LogP contribution < -0.4 is 10.9 Å². The van der Waals surface area contributed by atoms with Gasteiger partial charge >= 0.3 is 6.03 Å². The zero-order chi connectivity index (χ0) is 17.6. The molecule has 0 saturated carbocycles. The molecule has 7 nitrogen and oxygen atoms in total.